The van der Waals surface area contributed by atoms with E-state index in [9.17, 15) is 0 Å². The highest BCUT2D eigenvalue weighted by atomic mass is 14.9. The SMILES string of the molecule is CCCc1nc(-c2ccncc2)ncc1CNC. The first-order chi connectivity index (χ1) is 8.85. The molecule has 2 aromatic heterocycles. The standard InChI is InChI=1S/C14H18N4/c1-3-4-13-12(9-15-2)10-17-14(18-13)11-5-7-16-8-6-11/h5-8,10,15H,3-4,9H2,1-2H3. The molecule has 2 heterocycles. The van der Waals surface area contributed by atoms with E-state index in [2.05, 4.69) is 27.2 Å². The zero-order chi connectivity index (χ0) is 12.8. The van der Waals surface area contributed by atoms with Gasteiger partial charge in [-0.2, -0.15) is 0 Å². The van der Waals surface area contributed by atoms with E-state index in [0.29, 0.717) is 0 Å². The van der Waals surface area contributed by atoms with E-state index < -0.39 is 0 Å². The van der Waals surface area contributed by atoms with Gasteiger partial charge in [0.05, 0.1) is 0 Å². The van der Waals surface area contributed by atoms with Crippen molar-refractivity contribution in [2.45, 2.75) is 26.3 Å². The molecule has 18 heavy (non-hydrogen) atoms. The average Bonchev–Trinajstić information content (AvgIpc) is 2.42. The second kappa shape index (κ2) is 6.21. The molecule has 0 saturated carbocycles. The molecule has 0 saturated heterocycles. The van der Waals surface area contributed by atoms with Crippen molar-refractivity contribution in [1.82, 2.24) is 20.3 Å². The molecule has 4 heteroatoms. The predicted octanol–water partition coefficient (Wildman–Crippen LogP) is 2.21. The minimum atomic E-state index is 0.778. The fourth-order valence-electron chi connectivity index (χ4n) is 1.87. The van der Waals surface area contributed by atoms with Gasteiger partial charge in [-0.25, -0.2) is 9.97 Å². The van der Waals surface area contributed by atoms with Crippen molar-refractivity contribution in [3.8, 4) is 11.4 Å². The van der Waals surface area contributed by atoms with E-state index in [1.807, 2.05) is 25.4 Å². The van der Waals surface area contributed by atoms with Crippen molar-refractivity contribution in [2.24, 2.45) is 0 Å². The molecular weight excluding hydrogens is 224 g/mol. The zero-order valence-corrected chi connectivity index (χ0v) is 10.8. The lowest BCUT2D eigenvalue weighted by atomic mass is 10.1. The Kier molecular flexibility index (Phi) is 4.36. The maximum absolute atomic E-state index is 4.67. The highest BCUT2D eigenvalue weighted by Gasteiger charge is 2.07. The number of rotatable bonds is 5. The van der Waals surface area contributed by atoms with E-state index in [-0.39, 0.29) is 0 Å². The predicted molar refractivity (Wildman–Crippen MR) is 72.0 cm³/mol. The first-order valence-corrected chi connectivity index (χ1v) is 6.25. The van der Waals surface area contributed by atoms with Gasteiger partial charge in [0, 0.05) is 42.0 Å². The lowest BCUT2D eigenvalue weighted by Crippen LogP contribution is -2.10. The van der Waals surface area contributed by atoms with Gasteiger partial charge in [-0.3, -0.25) is 4.98 Å². The van der Waals surface area contributed by atoms with Crippen LogP contribution in [0.15, 0.2) is 30.7 Å². The largest absolute Gasteiger partial charge is 0.316 e. The number of hydrogen-bond acceptors (Lipinski definition) is 4. The van der Waals surface area contributed by atoms with E-state index in [4.69, 9.17) is 0 Å². The number of pyridine rings is 1. The third kappa shape index (κ3) is 2.90. The average molecular weight is 242 g/mol. The summed E-state index contributed by atoms with van der Waals surface area (Å²) in [6.07, 6.45) is 7.52. The molecule has 0 radical (unpaired) electrons. The van der Waals surface area contributed by atoms with Crippen LogP contribution in [0.3, 0.4) is 0 Å². The smallest absolute Gasteiger partial charge is 0.159 e. The van der Waals surface area contributed by atoms with E-state index in [0.717, 1.165) is 36.5 Å². The summed E-state index contributed by atoms with van der Waals surface area (Å²) in [4.78, 5) is 13.1. The van der Waals surface area contributed by atoms with Crippen LogP contribution in [0.5, 0.6) is 0 Å². The molecule has 0 amide bonds. The topological polar surface area (TPSA) is 50.7 Å². The lowest BCUT2D eigenvalue weighted by molar-refractivity contribution is 0.770. The van der Waals surface area contributed by atoms with Gasteiger partial charge in [-0.05, 0) is 25.6 Å². The van der Waals surface area contributed by atoms with Gasteiger partial charge in [0.1, 0.15) is 0 Å². The monoisotopic (exact) mass is 242 g/mol. The van der Waals surface area contributed by atoms with Gasteiger partial charge in [-0.15, -0.1) is 0 Å². The molecule has 2 rings (SSSR count). The fraction of sp³-hybridized carbons (Fsp3) is 0.357. The number of hydrogen-bond donors (Lipinski definition) is 1. The van der Waals surface area contributed by atoms with E-state index in [1.54, 1.807) is 12.4 Å². The number of aryl methyl sites for hydroxylation is 1. The van der Waals surface area contributed by atoms with E-state index >= 15 is 0 Å². The Morgan fingerprint density at radius 3 is 2.67 bits per heavy atom. The fourth-order valence-corrected chi connectivity index (χ4v) is 1.87. The summed E-state index contributed by atoms with van der Waals surface area (Å²) in [5, 5.41) is 3.15. The first-order valence-electron chi connectivity index (χ1n) is 6.25. The summed E-state index contributed by atoms with van der Waals surface area (Å²) < 4.78 is 0. The van der Waals surface area contributed by atoms with Gasteiger partial charge in [0.15, 0.2) is 5.82 Å². The lowest BCUT2D eigenvalue weighted by Gasteiger charge is -2.09. The molecule has 94 valence electrons. The second-order valence-electron chi connectivity index (χ2n) is 4.18. The summed E-state index contributed by atoms with van der Waals surface area (Å²) in [7, 11) is 1.94. The van der Waals surface area contributed by atoms with Gasteiger partial charge >= 0.3 is 0 Å². The second-order valence-corrected chi connectivity index (χ2v) is 4.18. The van der Waals surface area contributed by atoms with Gasteiger partial charge in [-0.1, -0.05) is 13.3 Å². The van der Waals surface area contributed by atoms with Gasteiger partial charge in [0.25, 0.3) is 0 Å². The Labute approximate surface area is 108 Å². The Balaban J connectivity index is 2.36. The Morgan fingerprint density at radius 2 is 2.00 bits per heavy atom. The molecule has 0 aliphatic heterocycles. The molecule has 0 fully saturated rings. The first kappa shape index (κ1) is 12.6. The minimum Gasteiger partial charge on any atom is -0.316 e. The highest BCUT2D eigenvalue weighted by Crippen LogP contribution is 2.16. The van der Waals surface area contributed by atoms with Crippen molar-refractivity contribution in [1.29, 1.82) is 0 Å². The molecule has 1 N–H and O–H groups in total. The summed E-state index contributed by atoms with van der Waals surface area (Å²) in [5.41, 5.74) is 3.32. The third-order valence-electron chi connectivity index (χ3n) is 2.75. The van der Waals surface area contributed by atoms with Gasteiger partial charge in [0.2, 0.25) is 0 Å². The highest BCUT2D eigenvalue weighted by molar-refractivity contribution is 5.53. The number of aromatic nitrogens is 3. The van der Waals surface area contributed by atoms with Crippen LogP contribution >= 0.6 is 0 Å². The van der Waals surface area contributed by atoms with Crippen LogP contribution in [-0.4, -0.2) is 22.0 Å². The molecule has 0 aliphatic carbocycles. The molecule has 2 aromatic rings. The molecule has 0 atom stereocenters. The van der Waals surface area contributed by atoms with E-state index in [1.165, 1.54) is 5.56 Å². The van der Waals surface area contributed by atoms with Crippen LogP contribution < -0.4 is 5.32 Å². The van der Waals surface area contributed by atoms with Crippen LogP contribution in [0.2, 0.25) is 0 Å². The molecule has 0 aliphatic rings. The summed E-state index contributed by atoms with van der Waals surface area (Å²) in [6, 6.07) is 3.87. The van der Waals surface area contributed by atoms with Crippen LogP contribution in [0.25, 0.3) is 11.4 Å². The minimum absolute atomic E-state index is 0.778. The van der Waals surface area contributed by atoms with Crippen LogP contribution in [0, 0.1) is 0 Å². The van der Waals surface area contributed by atoms with Crippen molar-refractivity contribution >= 4 is 0 Å². The van der Waals surface area contributed by atoms with Crippen LogP contribution in [0.1, 0.15) is 24.6 Å². The van der Waals surface area contributed by atoms with Crippen molar-refractivity contribution in [3.63, 3.8) is 0 Å². The quantitative estimate of drug-likeness (QED) is 0.873. The normalized spacial score (nSPS) is 10.6. The summed E-state index contributed by atoms with van der Waals surface area (Å²) in [6.45, 7) is 2.98. The van der Waals surface area contributed by atoms with Crippen molar-refractivity contribution in [2.75, 3.05) is 7.05 Å². The van der Waals surface area contributed by atoms with Crippen LogP contribution in [0.4, 0.5) is 0 Å². The molecule has 0 unspecified atom stereocenters. The molecule has 0 bridgehead atoms. The Bertz CT molecular complexity index is 496. The molecule has 4 nitrogen and oxygen atoms in total. The summed E-state index contributed by atoms with van der Waals surface area (Å²) >= 11 is 0. The van der Waals surface area contributed by atoms with Crippen molar-refractivity contribution in [3.05, 3.63) is 42.0 Å². The summed E-state index contributed by atoms with van der Waals surface area (Å²) in [5.74, 6) is 0.778. The zero-order valence-electron chi connectivity index (χ0n) is 10.8. The van der Waals surface area contributed by atoms with Crippen LogP contribution in [-0.2, 0) is 13.0 Å². The molecule has 0 aromatic carbocycles. The maximum Gasteiger partial charge on any atom is 0.159 e. The van der Waals surface area contributed by atoms with Crippen molar-refractivity contribution < 1.29 is 0 Å². The number of nitrogens with one attached hydrogen (secondary N) is 1. The third-order valence-corrected chi connectivity index (χ3v) is 2.75. The maximum atomic E-state index is 4.67. The Morgan fingerprint density at radius 1 is 1.22 bits per heavy atom. The Hall–Kier alpha value is -1.81. The van der Waals surface area contributed by atoms with Gasteiger partial charge < -0.3 is 5.32 Å². The molecule has 0 spiro atoms. The number of nitrogens with zero attached hydrogens (tertiary/aromatic N) is 3. The molecular formula is C14H18N4.